The summed E-state index contributed by atoms with van der Waals surface area (Å²) in [6.45, 7) is -0.532. The molecule has 24 heavy (non-hydrogen) atoms. The monoisotopic (exact) mass is 347 g/mol. The van der Waals surface area contributed by atoms with Crippen molar-refractivity contribution in [2.75, 3.05) is 27.3 Å². The zero-order valence-electron chi connectivity index (χ0n) is 13.4. The molecule has 0 bridgehead atoms. The van der Waals surface area contributed by atoms with Gasteiger partial charge in [0.2, 0.25) is 0 Å². The number of nitrogens with zero attached hydrogens (tertiary/aromatic N) is 1. The molecule has 0 radical (unpaired) electrons. The van der Waals surface area contributed by atoms with Gasteiger partial charge >= 0.3 is 12.1 Å². The van der Waals surface area contributed by atoms with Gasteiger partial charge in [-0.05, 0) is 17.7 Å². The smallest absolute Gasteiger partial charge is 0.422 e. The highest BCUT2D eigenvalue weighted by molar-refractivity contribution is 5.80. The molecule has 1 aromatic rings. The summed E-state index contributed by atoms with van der Waals surface area (Å²) < 4.78 is 45.3. The molecule has 1 rings (SSSR count). The molecule has 0 aromatic heterocycles. The van der Waals surface area contributed by atoms with Gasteiger partial charge < -0.3 is 20.1 Å². The van der Waals surface area contributed by atoms with Gasteiger partial charge in [-0.3, -0.25) is 9.79 Å². The largest absolute Gasteiger partial charge is 0.484 e. The second-order valence-electron chi connectivity index (χ2n) is 4.73. The average molecular weight is 347 g/mol. The number of carbonyl (C=O) groups is 1. The van der Waals surface area contributed by atoms with Crippen molar-refractivity contribution in [2.45, 2.75) is 19.1 Å². The van der Waals surface area contributed by atoms with E-state index in [1.807, 2.05) is 0 Å². The van der Waals surface area contributed by atoms with Crippen LogP contribution in [0.2, 0.25) is 0 Å². The van der Waals surface area contributed by atoms with Crippen LogP contribution in [0.3, 0.4) is 0 Å². The molecule has 2 N–H and O–H groups in total. The lowest BCUT2D eigenvalue weighted by Gasteiger charge is -2.12. The van der Waals surface area contributed by atoms with E-state index in [0.29, 0.717) is 19.0 Å². The van der Waals surface area contributed by atoms with E-state index in [4.69, 9.17) is 0 Å². The Kier molecular flexibility index (Phi) is 7.87. The third kappa shape index (κ3) is 8.25. The summed E-state index contributed by atoms with van der Waals surface area (Å²) in [6.07, 6.45) is -4.15. The molecule has 0 atom stereocenters. The number of rotatable bonds is 7. The molecule has 0 saturated carbocycles. The number of guanidine groups is 1. The Bertz CT molecular complexity index is 545. The van der Waals surface area contributed by atoms with E-state index in [0.717, 1.165) is 5.56 Å². The van der Waals surface area contributed by atoms with Gasteiger partial charge in [0.25, 0.3) is 0 Å². The number of alkyl halides is 3. The predicted octanol–water partition coefficient (Wildman–Crippen LogP) is 1.86. The Morgan fingerprint density at radius 3 is 2.42 bits per heavy atom. The Morgan fingerprint density at radius 2 is 1.88 bits per heavy atom. The molecule has 9 heteroatoms. The summed E-state index contributed by atoms with van der Waals surface area (Å²) in [5.41, 5.74) is 0.838. The van der Waals surface area contributed by atoms with E-state index in [1.54, 1.807) is 19.2 Å². The van der Waals surface area contributed by atoms with Crippen LogP contribution >= 0.6 is 0 Å². The highest BCUT2D eigenvalue weighted by Crippen LogP contribution is 2.18. The summed E-state index contributed by atoms with van der Waals surface area (Å²) in [5, 5.41) is 5.96. The van der Waals surface area contributed by atoms with Crippen molar-refractivity contribution >= 4 is 11.9 Å². The van der Waals surface area contributed by atoms with E-state index in [2.05, 4.69) is 25.1 Å². The molecule has 0 fully saturated rings. The Hall–Kier alpha value is -2.45. The van der Waals surface area contributed by atoms with Gasteiger partial charge in [0.05, 0.1) is 13.5 Å². The molecule has 0 spiro atoms. The fraction of sp³-hybridized carbons (Fsp3) is 0.467. The number of halogens is 3. The number of aliphatic imine (C=N–C) groups is 1. The fourth-order valence-electron chi connectivity index (χ4n) is 1.66. The summed E-state index contributed by atoms with van der Waals surface area (Å²) in [7, 11) is 2.90. The zero-order chi connectivity index (χ0) is 18.0. The highest BCUT2D eigenvalue weighted by Gasteiger charge is 2.28. The second kappa shape index (κ2) is 9.64. The summed E-state index contributed by atoms with van der Waals surface area (Å²) in [4.78, 5) is 15.0. The molecule has 1 aromatic carbocycles. The van der Waals surface area contributed by atoms with Crippen LogP contribution in [0.15, 0.2) is 29.3 Å². The first-order chi connectivity index (χ1) is 11.3. The normalized spacial score (nSPS) is 11.8. The number of benzene rings is 1. The first-order valence-corrected chi connectivity index (χ1v) is 7.14. The number of nitrogens with one attached hydrogen (secondary N) is 2. The van der Waals surface area contributed by atoms with Crippen molar-refractivity contribution in [3.05, 3.63) is 29.8 Å². The number of hydrogen-bond donors (Lipinski definition) is 2. The van der Waals surface area contributed by atoms with Crippen molar-refractivity contribution < 1.29 is 27.4 Å². The maximum Gasteiger partial charge on any atom is 0.422 e. The predicted molar refractivity (Wildman–Crippen MR) is 82.8 cm³/mol. The molecule has 0 saturated heterocycles. The van der Waals surface area contributed by atoms with Crippen LogP contribution in [0.25, 0.3) is 0 Å². The standard InChI is InChI=1S/C15H20F3N3O3/c1-19-14(20-8-7-13(22)23-2)21-9-11-3-5-12(6-4-11)24-10-15(16,17)18/h3-6H,7-10H2,1-2H3,(H2,19,20,21). The lowest BCUT2D eigenvalue weighted by molar-refractivity contribution is -0.153. The molecule has 0 aliphatic heterocycles. The van der Waals surface area contributed by atoms with Gasteiger partial charge in [0.15, 0.2) is 12.6 Å². The van der Waals surface area contributed by atoms with E-state index < -0.39 is 12.8 Å². The molecule has 134 valence electrons. The van der Waals surface area contributed by atoms with Crippen LogP contribution in [0, 0.1) is 0 Å². The summed E-state index contributed by atoms with van der Waals surface area (Å²) >= 11 is 0. The molecule has 6 nitrogen and oxygen atoms in total. The maximum absolute atomic E-state index is 12.1. The molecule has 0 aliphatic carbocycles. The van der Waals surface area contributed by atoms with Crippen molar-refractivity contribution in [3.8, 4) is 5.75 Å². The van der Waals surface area contributed by atoms with Crippen LogP contribution in [0.1, 0.15) is 12.0 Å². The van der Waals surface area contributed by atoms with Gasteiger partial charge in [-0.2, -0.15) is 13.2 Å². The Balaban J connectivity index is 2.39. The van der Waals surface area contributed by atoms with Crippen molar-refractivity contribution in [2.24, 2.45) is 4.99 Å². The molecule has 0 unspecified atom stereocenters. The van der Waals surface area contributed by atoms with Crippen LogP contribution in [0.4, 0.5) is 13.2 Å². The van der Waals surface area contributed by atoms with Gasteiger partial charge in [0.1, 0.15) is 5.75 Å². The lowest BCUT2D eigenvalue weighted by Crippen LogP contribution is -2.37. The molecular weight excluding hydrogens is 327 g/mol. The third-order valence-electron chi connectivity index (χ3n) is 2.86. The third-order valence-corrected chi connectivity index (χ3v) is 2.86. The van der Waals surface area contributed by atoms with Crippen molar-refractivity contribution in [1.82, 2.24) is 10.6 Å². The van der Waals surface area contributed by atoms with Crippen molar-refractivity contribution in [1.29, 1.82) is 0 Å². The van der Waals surface area contributed by atoms with Crippen LogP contribution < -0.4 is 15.4 Å². The van der Waals surface area contributed by atoms with Gasteiger partial charge in [-0.25, -0.2) is 0 Å². The van der Waals surface area contributed by atoms with E-state index in [-0.39, 0.29) is 18.1 Å². The first-order valence-electron chi connectivity index (χ1n) is 7.14. The number of carbonyl (C=O) groups excluding carboxylic acids is 1. The van der Waals surface area contributed by atoms with Gasteiger partial charge in [0, 0.05) is 20.1 Å². The number of ether oxygens (including phenoxy) is 2. The van der Waals surface area contributed by atoms with E-state index in [1.165, 1.54) is 19.2 Å². The maximum atomic E-state index is 12.1. The number of hydrogen-bond acceptors (Lipinski definition) is 4. The van der Waals surface area contributed by atoms with Gasteiger partial charge in [-0.1, -0.05) is 12.1 Å². The first kappa shape index (κ1) is 19.6. The fourth-order valence-corrected chi connectivity index (χ4v) is 1.66. The summed E-state index contributed by atoms with van der Waals surface area (Å²) in [5.74, 6) is 0.320. The minimum Gasteiger partial charge on any atom is -0.484 e. The molecular formula is C15H20F3N3O3. The molecule has 0 amide bonds. The van der Waals surface area contributed by atoms with Crippen LogP contribution in [-0.4, -0.2) is 45.4 Å². The molecule has 0 heterocycles. The minimum atomic E-state index is -4.36. The quantitative estimate of drug-likeness (QED) is 0.447. The lowest BCUT2D eigenvalue weighted by atomic mass is 10.2. The van der Waals surface area contributed by atoms with E-state index in [9.17, 15) is 18.0 Å². The molecule has 0 aliphatic rings. The second-order valence-corrected chi connectivity index (χ2v) is 4.73. The zero-order valence-corrected chi connectivity index (χ0v) is 13.4. The van der Waals surface area contributed by atoms with Gasteiger partial charge in [-0.15, -0.1) is 0 Å². The average Bonchev–Trinajstić information content (AvgIpc) is 2.56. The van der Waals surface area contributed by atoms with Crippen LogP contribution in [0.5, 0.6) is 5.75 Å². The van der Waals surface area contributed by atoms with E-state index >= 15 is 0 Å². The minimum absolute atomic E-state index is 0.150. The SMILES string of the molecule is CN=C(NCCC(=O)OC)NCc1ccc(OCC(F)(F)F)cc1. The topological polar surface area (TPSA) is 72.0 Å². The summed E-state index contributed by atoms with van der Waals surface area (Å²) in [6, 6.07) is 6.24. The Labute approximate surface area is 138 Å². The number of methoxy groups -OCH3 is 1. The Morgan fingerprint density at radius 1 is 1.21 bits per heavy atom. The van der Waals surface area contributed by atoms with Crippen LogP contribution in [-0.2, 0) is 16.1 Å². The highest BCUT2D eigenvalue weighted by atomic mass is 19.4. The number of esters is 1. The van der Waals surface area contributed by atoms with Crippen molar-refractivity contribution in [3.63, 3.8) is 0 Å².